The lowest BCUT2D eigenvalue weighted by atomic mass is 10.1. The average molecular weight is 352 g/mol. The number of nitrogens with zero attached hydrogens (tertiary/aromatic N) is 2. The van der Waals surface area contributed by atoms with Gasteiger partial charge in [0.25, 0.3) is 0 Å². The van der Waals surface area contributed by atoms with E-state index in [9.17, 15) is 4.39 Å². The number of hydrogen-bond acceptors (Lipinski definition) is 4. The van der Waals surface area contributed by atoms with Gasteiger partial charge in [0.05, 0.1) is 22.8 Å². The van der Waals surface area contributed by atoms with E-state index in [4.69, 9.17) is 45.9 Å². The zero-order valence-corrected chi connectivity index (χ0v) is 13.3. The van der Waals surface area contributed by atoms with Crippen LogP contribution in [0.2, 0.25) is 10.0 Å². The molecule has 0 amide bonds. The molecule has 0 bridgehead atoms. The minimum Gasteiger partial charge on any atom is -0.386 e. The topological polar surface area (TPSA) is 65.5 Å². The summed E-state index contributed by atoms with van der Waals surface area (Å²) in [5.74, 6) is -0.105. The third-order valence-electron chi connectivity index (χ3n) is 3.34. The van der Waals surface area contributed by atoms with Gasteiger partial charge in [0.2, 0.25) is 0 Å². The normalized spacial score (nSPS) is 19.4. The highest BCUT2D eigenvalue weighted by molar-refractivity contribution is 6.64. The molecule has 0 spiro atoms. The van der Waals surface area contributed by atoms with Gasteiger partial charge in [-0.05, 0) is 12.1 Å². The molecule has 1 heterocycles. The van der Waals surface area contributed by atoms with Crippen molar-refractivity contribution in [3.63, 3.8) is 0 Å². The Kier molecular flexibility index (Phi) is 5.43. The van der Waals surface area contributed by atoms with Crippen LogP contribution in [0.1, 0.15) is 12.0 Å². The molecule has 1 atom stereocenters. The van der Waals surface area contributed by atoms with Crippen LogP contribution in [0.25, 0.3) is 0 Å². The van der Waals surface area contributed by atoms with E-state index in [0.29, 0.717) is 36.1 Å². The van der Waals surface area contributed by atoms with Gasteiger partial charge in [-0.15, -0.1) is 0 Å². The summed E-state index contributed by atoms with van der Waals surface area (Å²) in [6.45, 7) is 1.46. The number of rotatable bonds is 4. The lowest BCUT2D eigenvalue weighted by Gasteiger charge is -2.34. The quantitative estimate of drug-likeness (QED) is 0.646. The molecular formula is C13H14Cl3FN4. The molecule has 21 heavy (non-hydrogen) atoms. The molecule has 0 radical (unpaired) electrons. The van der Waals surface area contributed by atoms with Gasteiger partial charge in [-0.25, -0.2) is 4.39 Å². The number of halogens is 4. The van der Waals surface area contributed by atoms with Crippen LogP contribution in [0.5, 0.6) is 0 Å². The molecule has 8 heteroatoms. The standard InChI is InChI=1S/C13H14Cl3FN4/c14-8-1-2-9(17)12(16)7(8)6-21-4-3-20-13(19)10(21)5-11(15)18/h1-2,10,18H,3-6H2,(H2,19,20). The molecule has 0 saturated heterocycles. The summed E-state index contributed by atoms with van der Waals surface area (Å²) in [7, 11) is 0. The van der Waals surface area contributed by atoms with Crippen molar-refractivity contribution in [3.05, 3.63) is 33.6 Å². The molecule has 0 fully saturated rings. The number of benzene rings is 1. The molecule has 1 aliphatic heterocycles. The maximum absolute atomic E-state index is 13.6. The minimum atomic E-state index is -0.517. The van der Waals surface area contributed by atoms with Crippen LogP contribution in [0.4, 0.5) is 4.39 Å². The summed E-state index contributed by atoms with van der Waals surface area (Å²) >= 11 is 17.8. The van der Waals surface area contributed by atoms with Gasteiger partial charge in [0.15, 0.2) is 0 Å². The molecule has 0 saturated carbocycles. The minimum absolute atomic E-state index is 0.00304. The predicted octanol–water partition coefficient (Wildman–Crippen LogP) is 3.28. The molecule has 0 aliphatic carbocycles. The number of aliphatic imine (C=N–C) groups is 1. The van der Waals surface area contributed by atoms with Gasteiger partial charge >= 0.3 is 0 Å². The van der Waals surface area contributed by atoms with E-state index < -0.39 is 5.82 Å². The molecule has 1 aromatic rings. The highest BCUT2D eigenvalue weighted by Crippen LogP contribution is 2.29. The second-order valence-corrected chi connectivity index (χ2v) is 5.97. The lowest BCUT2D eigenvalue weighted by molar-refractivity contribution is 0.232. The monoisotopic (exact) mass is 350 g/mol. The summed E-state index contributed by atoms with van der Waals surface area (Å²) in [5, 5.41) is 7.81. The van der Waals surface area contributed by atoms with Gasteiger partial charge in [-0.3, -0.25) is 15.3 Å². The van der Waals surface area contributed by atoms with Crippen LogP contribution in [-0.2, 0) is 6.54 Å². The van der Waals surface area contributed by atoms with E-state index >= 15 is 0 Å². The Balaban J connectivity index is 2.27. The fourth-order valence-corrected chi connectivity index (χ4v) is 2.90. The highest BCUT2D eigenvalue weighted by Gasteiger charge is 2.27. The molecule has 2 rings (SSSR count). The maximum Gasteiger partial charge on any atom is 0.142 e. The van der Waals surface area contributed by atoms with Crippen LogP contribution < -0.4 is 5.73 Å². The van der Waals surface area contributed by atoms with E-state index in [1.54, 1.807) is 0 Å². The average Bonchev–Trinajstić information content (AvgIpc) is 2.42. The van der Waals surface area contributed by atoms with Crippen molar-refractivity contribution in [1.82, 2.24) is 4.90 Å². The zero-order valence-electron chi connectivity index (χ0n) is 11.0. The van der Waals surface area contributed by atoms with Crippen LogP contribution in [0.15, 0.2) is 17.1 Å². The zero-order chi connectivity index (χ0) is 15.6. The first-order chi connectivity index (χ1) is 9.90. The van der Waals surface area contributed by atoms with Gasteiger partial charge in [-0.1, -0.05) is 34.8 Å². The van der Waals surface area contributed by atoms with Crippen molar-refractivity contribution < 1.29 is 4.39 Å². The number of nitrogens with one attached hydrogen (secondary N) is 1. The molecule has 1 unspecified atom stereocenters. The van der Waals surface area contributed by atoms with E-state index in [0.717, 1.165) is 0 Å². The smallest absolute Gasteiger partial charge is 0.142 e. The van der Waals surface area contributed by atoms with Crippen molar-refractivity contribution in [3.8, 4) is 0 Å². The number of nitrogens with two attached hydrogens (primary N) is 1. The third-order valence-corrected chi connectivity index (χ3v) is 4.25. The van der Waals surface area contributed by atoms with E-state index in [-0.39, 0.29) is 22.7 Å². The van der Waals surface area contributed by atoms with Crippen LogP contribution in [0.3, 0.4) is 0 Å². The van der Waals surface area contributed by atoms with Crippen molar-refractivity contribution in [1.29, 1.82) is 5.41 Å². The lowest BCUT2D eigenvalue weighted by Crippen LogP contribution is -2.49. The van der Waals surface area contributed by atoms with Crippen LogP contribution >= 0.6 is 34.8 Å². The Hall–Kier alpha value is -0.880. The number of amidine groups is 1. The maximum atomic E-state index is 13.6. The SMILES string of the molecule is N=C(Cl)CC1C(N)=NCCN1Cc1c(Cl)ccc(F)c1Cl. The van der Waals surface area contributed by atoms with Crippen LogP contribution in [-0.4, -0.2) is 35.0 Å². The Morgan fingerprint density at radius 3 is 2.86 bits per heavy atom. The third kappa shape index (κ3) is 3.86. The summed E-state index contributed by atoms with van der Waals surface area (Å²) in [6, 6.07) is 2.39. The van der Waals surface area contributed by atoms with Gasteiger partial charge in [0, 0.05) is 30.1 Å². The van der Waals surface area contributed by atoms with E-state index in [1.165, 1.54) is 12.1 Å². The Bertz CT molecular complexity index is 591. The van der Waals surface area contributed by atoms with Gasteiger partial charge < -0.3 is 5.73 Å². The summed E-state index contributed by atoms with van der Waals surface area (Å²) in [4.78, 5) is 6.13. The number of hydrogen-bond donors (Lipinski definition) is 2. The largest absolute Gasteiger partial charge is 0.386 e. The molecule has 1 aromatic carbocycles. The van der Waals surface area contributed by atoms with Gasteiger partial charge in [-0.2, -0.15) is 0 Å². The van der Waals surface area contributed by atoms with Crippen molar-refractivity contribution >= 4 is 45.8 Å². The van der Waals surface area contributed by atoms with Crippen LogP contribution in [0, 0.1) is 11.2 Å². The fraction of sp³-hybridized carbons (Fsp3) is 0.385. The molecule has 0 aromatic heterocycles. The first kappa shape index (κ1) is 16.5. The Morgan fingerprint density at radius 1 is 1.48 bits per heavy atom. The predicted molar refractivity (Wildman–Crippen MR) is 85.3 cm³/mol. The van der Waals surface area contributed by atoms with Crippen molar-refractivity contribution in [2.45, 2.75) is 19.0 Å². The molecule has 3 N–H and O–H groups in total. The second kappa shape index (κ2) is 6.92. The Labute approximate surface area is 137 Å². The van der Waals surface area contributed by atoms with Crippen molar-refractivity contribution in [2.24, 2.45) is 10.7 Å². The summed E-state index contributed by atoms with van der Waals surface area (Å²) in [6.07, 6.45) is 0.251. The first-order valence-corrected chi connectivity index (χ1v) is 7.42. The molecular weight excluding hydrogens is 338 g/mol. The first-order valence-electron chi connectivity index (χ1n) is 6.29. The highest BCUT2D eigenvalue weighted by atomic mass is 35.5. The summed E-state index contributed by atoms with van der Waals surface area (Å²) in [5.41, 5.74) is 6.39. The molecule has 114 valence electrons. The second-order valence-electron chi connectivity index (χ2n) is 4.72. The fourth-order valence-electron chi connectivity index (χ4n) is 2.27. The molecule has 4 nitrogen and oxygen atoms in total. The van der Waals surface area contributed by atoms with E-state index in [1.807, 2.05) is 4.90 Å². The summed E-state index contributed by atoms with van der Waals surface area (Å²) < 4.78 is 13.6. The Morgan fingerprint density at radius 2 is 2.19 bits per heavy atom. The van der Waals surface area contributed by atoms with Crippen molar-refractivity contribution in [2.75, 3.05) is 13.1 Å². The van der Waals surface area contributed by atoms with Gasteiger partial charge in [0.1, 0.15) is 11.7 Å². The molecule has 1 aliphatic rings. The van der Waals surface area contributed by atoms with E-state index in [2.05, 4.69) is 4.99 Å².